The molecule has 0 atom stereocenters. The van der Waals surface area contributed by atoms with Gasteiger partial charge in [-0.1, -0.05) is 17.4 Å². The number of aryl methyl sites for hydroxylation is 2. The molecule has 0 aliphatic carbocycles. The fourth-order valence-corrected chi connectivity index (χ4v) is 4.44. The lowest BCUT2D eigenvalue weighted by Crippen LogP contribution is -2.22. The smallest absolute Gasteiger partial charge is 0.280 e. The molecule has 0 N–H and O–H groups in total. The van der Waals surface area contributed by atoms with Gasteiger partial charge in [-0.05, 0) is 43.2 Å². The van der Waals surface area contributed by atoms with Gasteiger partial charge in [0.15, 0.2) is 16.5 Å². The third-order valence-corrected chi connectivity index (χ3v) is 5.65. The molecule has 4 aromatic rings. The van der Waals surface area contributed by atoms with Crippen LogP contribution < -0.4 is 19.6 Å². The maximum absolute atomic E-state index is 13.0. The van der Waals surface area contributed by atoms with E-state index in [4.69, 9.17) is 9.47 Å². The van der Waals surface area contributed by atoms with E-state index in [1.54, 1.807) is 4.40 Å². The Bertz CT molecular complexity index is 1420. The zero-order valence-corrected chi connectivity index (χ0v) is 15.7. The van der Waals surface area contributed by atoms with Gasteiger partial charge in [0, 0.05) is 0 Å². The minimum atomic E-state index is -0.501. The highest BCUT2D eigenvalue weighted by Gasteiger charge is 2.23. The fourth-order valence-electron chi connectivity index (χ4n) is 3.47. The molecule has 0 unspecified atom stereocenters. The van der Waals surface area contributed by atoms with E-state index in [9.17, 15) is 14.9 Å². The summed E-state index contributed by atoms with van der Waals surface area (Å²) in [6.07, 6.45) is 1.51. The quantitative estimate of drug-likeness (QED) is 0.382. The Balaban J connectivity index is 1.79. The lowest BCUT2D eigenvalue weighted by Gasteiger charge is -2.00. The SMILES string of the molecule is Cc1cc(C)c2nc3s/c(=C\c4cc5c(cc4[N+](=O)[O-])OCO5)c(=O)n3c2c1. The van der Waals surface area contributed by atoms with Crippen molar-refractivity contribution in [3.8, 4) is 11.5 Å². The second-order valence-corrected chi connectivity index (χ2v) is 7.63. The van der Waals surface area contributed by atoms with Crippen LogP contribution in [0.1, 0.15) is 16.7 Å². The molecule has 2 aromatic heterocycles. The number of nitro benzene ring substituents is 1. The summed E-state index contributed by atoms with van der Waals surface area (Å²) in [5.74, 6) is 0.742. The number of fused-ring (bicyclic) bond motifs is 4. The molecule has 9 heteroatoms. The molecular formula is C19H13N3O5S. The van der Waals surface area contributed by atoms with E-state index in [2.05, 4.69) is 4.98 Å². The lowest BCUT2D eigenvalue weighted by atomic mass is 10.1. The van der Waals surface area contributed by atoms with Crippen molar-refractivity contribution in [1.82, 2.24) is 9.38 Å². The molecule has 5 rings (SSSR count). The van der Waals surface area contributed by atoms with Crippen LogP contribution in [0.3, 0.4) is 0 Å². The topological polar surface area (TPSA) is 96.0 Å². The van der Waals surface area contributed by atoms with E-state index in [-0.39, 0.29) is 23.6 Å². The summed E-state index contributed by atoms with van der Waals surface area (Å²) < 4.78 is 12.4. The van der Waals surface area contributed by atoms with Crippen LogP contribution in [0.5, 0.6) is 11.5 Å². The molecule has 140 valence electrons. The first-order valence-electron chi connectivity index (χ1n) is 8.44. The highest BCUT2D eigenvalue weighted by Crippen LogP contribution is 2.38. The zero-order chi connectivity index (χ0) is 19.6. The molecule has 1 aliphatic heterocycles. The van der Waals surface area contributed by atoms with E-state index in [1.165, 1.54) is 29.5 Å². The Labute approximate surface area is 161 Å². The van der Waals surface area contributed by atoms with Crippen molar-refractivity contribution in [2.75, 3.05) is 6.79 Å². The molecule has 0 amide bonds. The molecule has 0 radical (unpaired) electrons. The Kier molecular flexibility index (Phi) is 3.44. The van der Waals surface area contributed by atoms with E-state index in [0.717, 1.165) is 22.2 Å². The summed E-state index contributed by atoms with van der Waals surface area (Å²) in [6.45, 7) is 3.94. The number of hydrogen-bond acceptors (Lipinski definition) is 7. The molecule has 0 saturated carbocycles. The number of aromatic nitrogens is 2. The van der Waals surface area contributed by atoms with Gasteiger partial charge < -0.3 is 9.47 Å². The second kappa shape index (κ2) is 5.77. The van der Waals surface area contributed by atoms with Gasteiger partial charge in [-0.2, -0.15) is 0 Å². The van der Waals surface area contributed by atoms with Gasteiger partial charge in [0.25, 0.3) is 11.2 Å². The number of hydrogen-bond donors (Lipinski definition) is 0. The summed E-state index contributed by atoms with van der Waals surface area (Å²) in [5, 5.41) is 11.5. The van der Waals surface area contributed by atoms with Crippen LogP contribution in [-0.4, -0.2) is 21.1 Å². The van der Waals surface area contributed by atoms with Gasteiger partial charge >= 0.3 is 0 Å². The normalized spacial score (nSPS) is 13.7. The first kappa shape index (κ1) is 16.7. The van der Waals surface area contributed by atoms with Crippen molar-refractivity contribution in [1.29, 1.82) is 0 Å². The van der Waals surface area contributed by atoms with Crippen LogP contribution in [-0.2, 0) is 0 Å². The van der Waals surface area contributed by atoms with E-state index in [0.29, 0.717) is 21.0 Å². The van der Waals surface area contributed by atoms with E-state index >= 15 is 0 Å². The van der Waals surface area contributed by atoms with Gasteiger partial charge in [0.05, 0.1) is 32.1 Å². The first-order chi connectivity index (χ1) is 13.4. The van der Waals surface area contributed by atoms with Crippen molar-refractivity contribution in [3.63, 3.8) is 0 Å². The molecule has 0 spiro atoms. The number of imidazole rings is 1. The van der Waals surface area contributed by atoms with Crippen molar-refractivity contribution >= 4 is 39.1 Å². The van der Waals surface area contributed by atoms with Crippen LogP contribution in [0.4, 0.5) is 5.69 Å². The number of nitrogens with zero attached hydrogens (tertiary/aromatic N) is 3. The second-order valence-electron chi connectivity index (χ2n) is 6.62. The molecule has 3 heterocycles. The predicted molar refractivity (Wildman–Crippen MR) is 104 cm³/mol. The molecule has 28 heavy (non-hydrogen) atoms. The Morgan fingerprint density at radius 2 is 1.96 bits per heavy atom. The van der Waals surface area contributed by atoms with Crippen molar-refractivity contribution in [3.05, 3.63) is 66.0 Å². The van der Waals surface area contributed by atoms with Gasteiger partial charge in [-0.3, -0.25) is 14.9 Å². The summed E-state index contributed by atoms with van der Waals surface area (Å²) >= 11 is 1.20. The summed E-state index contributed by atoms with van der Waals surface area (Å²) in [7, 11) is 0. The van der Waals surface area contributed by atoms with Crippen LogP contribution in [0.25, 0.3) is 22.1 Å². The highest BCUT2D eigenvalue weighted by molar-refractivity contribution is 7.15. The molecule has 2 aromatic carbocycles. The van der Waals surface area contributed by atoms with Crippen molar-refractivity contribution in [2.24, 2.45) is 0 Å². The van der Waals surface area contributed by atoms with Gasteiger partial charge in [-0.25, -0.2) is 9.38 Å². The largest absolute Gasteiger partial charge is 0.454 e. The van der Waals surface area contributed by atoms with Gasteiger partial charge in [0.1, 0.15) is 0 Å². The van der Waals surface area contributed by atoms with Crippen LogP contribution in [0.2, 0.25) is 0 Å². The molecule has 0 saturated heterocycles. The predicted octanol–water partition coefficient (Wildman–Crippen LogP) is 2.71. The van der Waals surface area contributed by atoms with E-state index in [1.807, 2.05) is 26.0 Å². The molecule has 0 fully saturated rings. The van der Waals surface area contributed by atoms with Crippen molar-refractivity contribution in [2.45, 2.75) is 13.8 Å². The first-order valence-corrected chi connectivity index (χ1v) is 9.26. The summed E-state index contributed by atoms with van der Waals surface area (Å²) in [5.41, 5.74) is 3.46. The van der Waals surface area contributed by atoms with Gasteiger partial charge in [0.2, 0.25) is 6.79 Å². The number of ether oxygens (including phenoxy) is 2. The van der Waals surface area contributed by atoms with Crippen LogP contribution >= 0.6 is 11.3 Å². The third-order valence-electron chi connectivity index (χ3n) is 4.68. The Morgan fingerprint density at radius 3 is 2.71 bits per heavy atom. The summed E-state index contributed by atoms with van der Waals surface area (Å²) in [4.78, 5) is 29.1. The monoisotopic (exact) mass is 395 g/mol. The number of thiazole rings is 1. The number of nitro groups is 1. The van der Waals surface area contributed by atoms with Crippen molar-refractivity contribution < 1.29 is 14.4 Å². The van der Waals surface area contributed by atoms with E-state index < -0.39 is 4.92 Å². The minimum Gasteiger partial charge on any atom is -0.454 e. The zero-order valence-electron chi connectivity index (χ0n) is 14.9. The van der Waals surface area contributed by atoms with Gasteiger partial charge in [-0.15, -0.1) is 0 Å². The number of rotatable bonds is 2. The maximum Gasteiger partial charge on any atom is 0.280 e. The van der Waals surface area contributed by atoms with Crippen LogP contribution in [0.15, 0.2) is 29.1 Å². The third kappa shape index (κ3) is 2.36. The highest BCUT2D eigenvalue weighted by atomic mass is 32.1. The Morgan fingerprint density at radius 1 is 1.21 bits per heavy atom. The Hall–Kier alpha value is -3.46. The average Bonchev–Trinajstić information content (AvgIpc) is 3.30. The molecular weight excluding hydrogens is 382 g/mol. The lowest BCUT2D eigenvalue weighted by molar-refractivity contribution is -0.385. The maximum atomic E-state index is 13.0. The average molecular weight is 395 g/mol. The van der Waals surface area contributed by atoms with Crippen LogP contribution in [0, 0.1) is 24.0 Å². The minimum absolute atomic E-state index is 0.0141. The standard InChI is InChI=1S/C19H13N3O5S/c1-9-3-10(2)17-13(4-9)21-18(23)16(28-19(21)20-17)6-11-5-14-15(27-8-26-14)7-12(11)22(24)25/h3-7H,8H2,1-2H3/b16-6-. The molecule has 0 bridgehead atoms. The molecule has 8 nitrogen and oxygen atoms in total. The fraction of sp³-hybridized carbons (Fsp3) is 0.158. The molecule has 1 aliphatic rings. The summed E-state index contributed by atoms with van der Waals surface area (Å²) in [6, 6.07) is 6.78. The number of benzene rings is 2.